The summed E-state index contributed by atoms with van der Waals surface area (Å²) in [6.45, 7) is 11.5. The first-order valence-corrected chi connectivity index (χ1v) is 29.3. The molecule has 0 N–H and O–H groups in total. The Labute approximate surface area is 406 Å². The van der Waals surface area contributed by atoms with Crippen LogP contribution >= 0.6 is 0 Å². The molecule has 1 unspecified atom stereocenters. The molecule has 0 fully saturated rings. The van der Waals surface area contributed by atoms with Gasteiger partial charge in [-0.2, -0.15) is 0 Å². The highest BCUT2D eigenvalue weighted by Gasteiger charge is 2.19. The monoisotopic (exact) mass is 919 g/mol. The van der Waals surface area contributed by atoms with Crippen molar-refractivity contribution in [3.63, 3.8) is 0 Å². The van der Waals surface area contributed by atoms with E-state index < -0.39 is 6.10 Å². The Morgan fingerprint density at radius 1 is 0.323 bits per heavy atom. The third-order valence-corrected chi connectivity index (χ3v) is 13.8. The number of hydrogen-bond donors (Lipinski definition) is 0. The summed E-state index contributed by atoms with van der Waals surface area (Å²) in [5.74, 6) is 0.902. The number of carbonyl (C=O) groups is 3. The van der Waals surface area contributed by atoms with E-state index >= 15 is 0 Å². The molecule has 0 bridgehead atoms. The van der Waals surface area contributed by atoms with Crippen LogP contribution in [0.1, 0.15) is 330 Å². The second-order valence-corrected chi connectivity index (χ2v) is 21.0. The Kier molecular flexibility index (Phi) is 50.5. The molecule has 0 aliphatic rings. The van der Waals surface area contributed by atoms with Crippen LogP contribution < -0.4 is 0 Å². The van der Waals surface area contributed by atoms with E-state index in [1.807, 2.05) is 0 Å². The smallest absolute Gasteiger partial charge is 0.306 e. The minimum absolute atomic E-state index is 0.0625. The van der Waals surface area contributed by atoms with Crippen molar-refractivity contribution in [3.05, 3.63) is 0 Å². The largest absolute Gasteiger partial charge is 0.462 e. The lowest BCUT2D eigenvalue weighted by atomic mass is 9.99. The van der Waals surface area contributed by atoms with Gasteiger partial charge in [-0.25, -0.2) is 0 Å². The molecule has 0 radical (unpaired) electrons. The molecular weight excluding hydrogens is 805 g/mol. The average molecular weight is 920 g/mol. The zero-order valence-corrected chi connectivity index (χ0v) is 44.6. The van der Waals surface area contributed by atoms with Gasteiger partial charge in [0.2, 0.25) is 0 Å². The maximum absolute atomic E-state index is 12.8. The van der Waals surface area contributed by atoms with Gasteiger partial charge in [-0.1, -0.05) is 291 Å². The van der Waals surface area contributed by atoms with E-state index in [4.69, 9.17) is 14.2 Å². The molecule has 0 aliphatic carbocycles. The van der Waals surface area contributed by atoms with Crippen LogP contribution in [0.25, 0.3) is 0 Å². The van der Waals surface area contributed by atoms with Crippen LogP contribution in [-0.4, -0.2) is 37.2 Å². The number of unbranched alkanes of at least 4 members (excludes halogenated alkanes) is 37. The predicted molar refractivity (Wildman–Crippen MR) is 280 cm³/mol. The van der Waals surface area contributed by atoms with Crippen LogP contribution in [0.5, 0.6) is 0 Å². The fourth-order valence-corrected chi connectivity index (χ4v) is 9.02. The topological polar surface area (TPSA) is 78.9 Å². The van der Waals surface area contributed by atoms with Gasteiger partial charge < -0.3 is 14.2 Å². The average Bonchev–Trinajstić information content (AvgIpc) is 3.29. The number of esters is 3. The Bertz CT molecular complexity index is 995. The molecule has 2 atom stereocenters. The molecule has 386 valence electrons. The van der Waals surface area contributed by atoms with Crippen LogP contribution in [0.4, 0.5) is 0 Å². The number of carbonyl (C=O) groups excluding carboxylic acids is 3. The van der Waals surface area contributed by atoms with Gasteiger partial charge in [0.05, 0.1) is 0 Å². The minimum atomic E-state index is -0.762. The first kappa shape index (κ1) is 63.4. The fourth-order valence-electron chi connectivity index (χ4n) is 9.02. The highest BCUT2D eigenvalue weighted by molar-refractivity contribution is 5.71. The molecule has 0 aromatic carbocycles. The van der Waals surface area contributed by atoms with Crippen molar-refractivity contribution in [3.8, 4) is 0 Å². The van der Waals surface area contributed by atoms with Gasteiger partial charge in [0, 0.05) is 19.3 Å². The summed E-state index contributed by atoms with van der Waals surface area (Å²) >= 11 is 0. The second-order valence-electron chi connectivity index (χ2n) is 21.0. The molecule has 6 nitrogen and oxygen atoms in total. The van der Waals surface area contributed by atoms with Crippen molar-refractivity contribution in [1.29, 1.82) is 0 Å². The minimum Gasteiger partial charge on any atom is -0.462 e. The van der Waals surface area contributed by atoms with Crippen LogP contribution in [0.3, 0.4) is 0 Å². The molecular formula is C59H114O6. The lowest BCUT2D eigenvalue weighted by molar-refractivity contribution is -0.167. The molecule has 0 saturated carbocycles. The quantitative estimate of drug-likeness (QED) is 0.0344. The van der Waals surface area contributed by atoms with Gasteiger partial charge in [0.1, 0.15) is 13.2 Å². The maximum Gasteiger partial charge on any atom is 0.306 e. The van der Waals surface area contributed by atoms with Gasteiger partial charge >= 0.3 is 17.9 Å². The summed E-state index contributed by atoms with van der Waals surface area (Å²) in [7, 11) is 0. The van der Waals surface area contributed by atoms with Crippen LogP contribution in [-0.2, 0) is 28.6 Å². The molecule has 0 saturated heterocycles. The molecule has 6 heteroatoms. The van der Waals surface area contributed by atoms with E-state index in [0.29, 0.717) is 19.3 Å². The zero-order valence-electron chi connectivity index (χ0n) is 44.6. The highest BCUT2D eigenvalue weighted by Crippen LogP contribution is 2.19. The molecule has 0 amide bonds. The molecule has 0 aromatic rings. The van der Waals surface area contributed by atoms with Gasteiger partial charge in [0.15, 0.2) is 6.10 Å². The van der Waals surface area contributed by atoms with Crippen molar-refractivity contribution >= 4 is 17.9 Å². The Balaban J connectivity index is 4.26. The van der Waals surface area contributed by atoms with Crippen molar-refractivity contribution in [2.24, 2.45) is 11.8 Å². The summed E-state index contributed by atoms with van der Waals surface area (Å²) in [5, 5.41) is 0. The third-order valence-electron chi connectivity index (χ3n) is 13.8. The lowest BCUT2D eigenvalue weighted by Gasteiger charge is -2.18. The van der Waals surface area contributed by atoms with Gasteiger partial charge in [-0.05, 0) is 31.1 Å². The second kappa shape index (κ2) is 51.8. The van der Waals surface area contributed by atoms with Gasteiger partial charge in [-0.15, -0.1) is 0 Å². The standard InChI is InChI=1S/C59H114O6/c1-6-8-9-10-11-12-13-24-31-36-41-46-51-59(62)65-56(52-63-57(60)49-44-39-34-29-25-20-16-14-18-22-27-32-37-42-47-54(3)4)53-64-58(61)50-45-40-35-30-26-21-17-15-19-23-28-33-38-43-48-55(5)7-2/h54-56H,6-53H2,1-5H3/t55?,56-/m0/s1. The molecule has 0 aromatic heterocycles. The normalized spacial score (nSPS) is 12.5. The number of rotatable bonds is 53. The van der Waals surface area contributed by atoms with E-state index in [-0.39, 0.29) is 31.1 Å². The van der Waals surface area contributed by atoms with Crippen LogP contribution in [0, 0.1) is 11.8 Å². The summed E-state index contributed by atoms with van der Waals surface area (Å²) in [4.78, 5) is 38.1. The van der Waals surface area contributed by atoms with Crippen LogP contribution in [0.15, 0.2) is 0 Å². The third kappa shape index (κ3) is 51.6. The zero-order chi connectivity index (χ0) is 47.5. The summed E-state index contributed by atoms with van der Waals surface area (Å²) in [6, 6.07) is 0. The summed E-state index contributed by atoms with van der Waals surface area (Å²) < 4.78 is 16.9. The van der Waals surface area contributed by atoms with Crippen molar-refractivity contribution < 1.29 is 28.6 Å². The van der Waals surface area contributed by atoms with E-state index in [1.165, 1.54) is 218 Å². The highest BCUT2D eigenvalue weighted by atomic mass is 16.6. The first-order valence-electron chi connectivity index (χ1n) is 29.3. The van der Waals surface area contributed by atoms with Gasteiger partial charge in [-0.3, -0.25) is 14.4 Å². The Morgan fingerprint density at radius 3 is 0.877 bits per heavy atom. The molecule has 0 spiro atoms. The van der Waals surface area contributed by atoms with E-state index in [1.54, 1.807) is 0 Å². The van der Waals surface area contributed by atoms with Crippen molar-refractivity contribution in [2.45, 2.75) is 336 Å². The Morgan fingerprint density at radius 2 is 0.585 bits per heavy atom. The maximum atomic E-state index is 12.8. The lowest BCUT2D eigenvalue weighted by Crippen LogP contribution is -2.30. The Hall–Kier alpha value is -1.59. The molecule has 65 heavy (non-hydrogen) atoms. The van der Waals surface area contributed by atoms with Crippen LogP contribution in [0.2, 0.25) is 0 Å². The van der Waals surface area contributed by atoms with Gasteiger partial charge in [0.25, 0.3) is 0 Å². The van der Waals surface area contributed by atoms with E-state index in [9.17, 15) is 14.4 Å². The number of hydrogen-bond acceptors (Lipinski definition) is 6. The van der Waals surface area contributed by atoms with Crippen molar-refractivity contribution in [2.75, 3.05) is 13.2 Å². The fraction of sp³-hybridized carbons (Fsp3) is 0.949. The van der Waals surface area contributed by atoms with E-state index in [0.717, 1.165) is 69.6 Å². The summed E-state index contributed by atoms with van der Waals surface area (Å²) in [6.07, 6.45) is 55.1. The van der Waals surface area contributed by atoms with E-state index in [2.05, 4.69) is 34.6 Å². The first-order chi connectivity index (χ1) is 31.8. The molecule has 0 rings (SSSR count). The SMILES string of the molecule is CCCCCCCCCCCCCCC(=O)O[C@@H](COC(=O)CCCCCCCCCCCCCCCCC(C)C)COC(=O)CCCCCCCCCCCCCCCCC(C)CC. The molecule has 0 aliphatic heterocycles. The number of ether oxygens (including phenoxy) is 3. The molecule has 0 heterocycles. The van der Waals surface area contributed by atoms with Crippen molar-refractivity contribution in [1.82, 2.24) is 0 Å². The summed E-state index contributed by atoms with van der Waals surface area (Å²) in [5.41, 5.74) is 0. The predicted octanol–water partition coefficient (Wildman–Crippen LogP) is 19.3.